The first-order chi connectivity index (χ1) is 20.9. The van der Waals surface area contributed by atoms with Crippen molar-refractivity contribution in [3.8, 4) is 6.07 Å². The highest BCUT2D eigenvalue weighted by atomic mass is 32.2. The fourth-order valence-electron chi connectivity index (χ4n) is 5.58. The lowest BCUT2D eigenvalue weighted by Crippen LogP contribution is -2.56. The Morgan fingerprint density at radius 3 is 2.57 bits per heavy atom. The molecule has 2 aliphatic rings. The number of nitrogens with one attached hydrogen (secondary N) is 1. The number of carbonyl (C=O) groups is 3. The van der Waals surface area contributed by atoms with Crippen molar-refractivity contribution < 1.29 is 31.8 Å². The van der Waals surface area contributed by atoms with Gasteiger partial charge in [0.1, 0.15) is 23.7 Å². The molecule has 3 aromatic rings. The Kier molecular flexibility index (Phi) is 8.56. The van der Waals surface area contributed by atoms with Crippen LogP contribution in [-0.4, -0.2) is 51.2 Å². The second kappa shape index (κ2) is 12.2. The highest BCUT2D eigenvalue weighted by Crippen LogP contribution is 2.39. The third-order valence-corrected chi connectivity index (χ3v) is 8.65. The molecule has 1 aliphatic heterocycles. The number of nitriles is 1. The molecule has 2 aromatic carbocycles. The van der Waals surface area contributed by atoms with E-state index in [0.717, 1.165) is 21.9 Å². The fraction of sp³-hybridized carbons (Fsp3) is 0.323. The Morgan fingerprint density at radius 1 is 1.18 bits per heavy atom. The number of alkyl halides is 2. The monoisotopic (exact) mass is 623 g/mol. The van der Waals surface area contributed by atoms with E-state index in [0.29, 0.717) is 11.1 Å². The van der Waals surface area contributed by atoms with Crippen molar-refractivity contribution >= 4 is 40.0 Å². The van der Waals surface area contributed by atoms with Crippen LogP contribution in [0, 0.1) is 24.1 Å². The quantitative estimate of drug-likeness (QED) is 0.399. The minimum Gasteiger partial charge on any atom is -0.351 e. The van der Waals surface area contributed by atoms with Gasteiger partial charge < -0.3 is 5.32 Å². The molecule has 13 heteroatoms. The zero-order chi connectivity index (χ0) is 31.8. The lowest BCUT2D eigenvalue weighted by molar-refractivity contribution is -0.133. The molecule has 3 unspecified atom stereocenters. The minimum atomic E-state index is -2.93. The van der Waals surface area contributed by atoms with E-state index in [2.05, 4.69) is 10.3 Å². The molecule has 1 N–H and O–H groups in total. The first-order valence-corrected chi connectivity index (χ1v) is 15.3. The molecule has 1 saturated heterocycles. The van der Waals surface area contributed by atoms with Gasteiger partial charge in [-0.05, 0) is 54.8 Å². The number of aromatic nitrogens is 1. The van der Waals surface area contributed by atoms with Crippen molar-refractivity contribution in [2.75, 3.05) is 16.1 Å². The van der Waals surface area contributed by atoms with Gasteiger partial charge in [0.05, 0.1) is 11.6 Å². The number of benzene rings is 2. The Morgan fingerprint density at radius 2 is 1.91 bits per heavy atom. The summed E-state index contributed by atoms with van der Waals surface area (Å²) in [7, 11) is -1.68. The van der Waals surface area contributed by atoms with E-state index in [1.165, 1.54) is 30.7 Å². The smallest absolute Gasteiger partial charge is 0.252 e. The number of pyridine rings is 1. The lowest BCUT2D eigenvalue weighted by Gasteiger charge is -2.39. The Bertz CT molecular complexity index is 1700. The van der Waals surface area contributed by atoms with Crippen molar-refractivity contribution in [1.82, 2.24) is 10.3 Å². The standard InChI is InChI=1S/C31H28F3N5O4S/c1-18-5-3-4-6-24(18)28(29(41)37-21-15-31(33,34)16-21)38(22-12-20(32)13-23(14-22)44(2)43)30(42)25-7-8-27(40)39(25)26-11-19(17-35)9-10-36-26/h3-6,9-14,21,25,28H,7-8,15-16H2,1-2H3,(H,37,41). The van der Waals surface area contributed by atoms with Crippen molar-refractivity contribution in [2.45, 2.75) is 61.6 Å². The summed E-state index contributed by atoms with van der Waals surface area (Å²) in [6, 6.07) is 11.3. The van der Waals surface area contributed by atoms with Crippen LogP contribution in [0.15, 0.2) is 65.7 Å². The van der Waals surface area contributed by atoms with E-state index in [9.17, 15) is 32.6 Å². The molecule has 1 saturated carbocycles. The summed E-state index contributed by atoms with van der Waals surface area (Å²) in [6.45, 7) is 1.70. The molecule has 44 heavy (non-hydrogen) atoms. The largest absolute Gasteiger partial charge is 0.351 e. The lowest BCUT2D eigenvalue weighted by atomic mass is 9.87. The number of halogens is 3. The number of rotatable bonds is 8. The first kappa shape index (κ1) is 30.9. The SMILES string of the molecule is Cc1ccccc1C(C(=O)NC1CC(F)(F)C1)N(C(=O)C1CCC(=O)N1c1cc(C#N)ccn1)c1cc(F)cc(S(C)=O)c1. The number of nitrogens with zero attached hydrogens (tertiary/aromatic N) is 4. The average Bonchev–Trinajstić information content (AvgIpc) is 3.36. The molecule has 9 nitrogen and oxygen atoms in total. The Labute approximate surface area is 254 Å². The van der Waals surface area contributed by atoms with Gasteiger partial charge in [-0.2, -0.15) is 5.26 Å². The van der Waals surface area contributed by atoms with Crippen LogP contribution in [0.3, 0.4) is 0 Å². The zero-order valence-corrected chi connectivity index (χ0v) is 24.6. The van der Waals surface area contributed by atoms with Crippen LogP contribution in [0.4, 0.5) is 24.7 Å². The molecule has 1 aliphatic carbocycles. The summed E-state index contributed by atoms with van der Waals surface area (Å²) in [5.41, 5.74) is 1.02. The molecular weight excluding hydrogens is 595 g/mol. The summed E-state index contributed by atoms with van der Waals surface area (Å²) in [4.78, 5) is 48.2. The minimum absolute atomic E-state index is 0.0193. The second-order valence-corrected chi connectivity index (χ2v) is 12.2. The van der Waals surface area contributed by atoms with Crippen LogP contribution in [0.5, 0.6) is 0 Å². The van der Waals surface area contributed by atoms with Crippen molar-refractivity contribution in [1.29, 1.82) is 5.26 Å². The third-order valence-electron chi connectivity index (χ3n) is 7.75. The number of anilines is 2. The van der Waals surface area contributed by atoms with Gasteiger partial charge >= 0.3 is 0 Å². The van der Waals surface area contributed by atoms with Crippen molar-refractivity contribution in [2.24, 2.45) is 0 Å². The third kappa shape index (κ3) is 6.21. The number of hydrogen-bond acceptors (Lipinski definition) is 6. The van der Waals surface area contributed by atoms with Crippen LogP contribution in [0.1, 0.15) is 48.4 Å². The van der Waals surface area contributed by atoms with Gasteiger partial charge in [-0.1, -0.05) is 24.3 Å². The molecule has 1 aromatic heterocycles. The molecule has 3 atom stereocenters. The fourth-order valence-corrected chi connectivity index (χ4v) is 6.14. The molecule has 5 rings (SSSR count). The van der Waals surface area contributed by atoms with Gasteiger partial charge in [-0.15, -0.1) is 0 Å². The Hall–Kier alpha value is -4.57. The highest BCUT2D eigenvalue weighted by Gasteiger charge is 2.48. The van der Waals surface area contributed by atoms with Gasteiger partial charge in [0.2, 0.25) is 11.8 Å². The van der Waals surface area contributed by atoms with Crippen molar-refractivity contribution in [3.63, 3.8) is 0 Å². The van der Waals surface area contributed by atoms with Crippen LogP contribution >= 0.6 is 0 Å². The number of carbonyl (C=O) groups excluding carboxylic acids is 3. The van der Waals surface area contributed by atoms with E-state index < -0.39 is 71.2 Å². The van der Waals surface area contributed by atoms with Crippen molar-refractivity contribution in [3.05, 3.63) is 83.3 Å². The Balaban J connectivity index is 1.66. The maximum atomic E-state index is 15.0. The van der Waals surface area contributed by atoms with E-state index in [1.54, 1.807) is 31.2 Å². The highest BCUT2D eigenvalue weighted by molar-refractivity contribution is 7.84. The van der Waals surface area contributed by atoms with Crippen LogP contribution < -0.4 is 15.1 Å². The van der Waals surface area contributed by atoms with Crippen LogP contribution in [0.2, 0.25) is 0 Å². The van der Waals surface area contributed by atoms with E-state index in [4.69, 9.17) is 0 Å². The topological polar surface area (TPSA) is 123 Å². The summed E-state index contributed by atoms with van der Waals surface area (Å²) in [5, 5.41) is 12.0. The number of amides is 3. The molecular formula is C31H28F3N5O4S. The van der Waals surface area contributed by atoms with E-state index in [1.807, 2.05) is 6.07 Å². The molecule has 3 amide bonds. The van der Waals surface area contributed by atoms with Crippen LogP contribution in [-0.2, 0) is 25.2 Å². The number of aryl methyl sites for hydroxylation is 1. The van der Waals surface area contributed by atoms with Gasteiger partial charge in [-0.3, -0.25) is 28.4 Å². The normalized spacial score (nSPS) is 19.0. The summed E-state index contributed by atoms with van der Waals surface area (Å²) in [5.74, 6) is -5.71. The van der Waals surface area contributed by atoms with E-state index >= 15 is 4.39 Å². The van der Waals surface area contributed by atoms with Gasteiger partial charge in [0.25, 0.3) is 11.8 Å². The average molecular weight is 624 g/mol. The molecule has 0 bridgehead atoms. The van der Waals surface area contributed by atoms with E-state index in [-0.39, 0.29) is 34.8 Å². The van der Waals surface area contributed by atoms with Gasteiger partial charge in [0.15, 0.2) is 0 Å². The predicted octanol–water partition coefficient (Wildman–Crippen LogP) is 4.32. The molecule has 228 valence electrons. The van der Waals surface area contributed by atoms with Gasteiger partial charge in [0, 0.05) is 59.1 Å². The van der Waals surface area contributed by atoms with Gasteiger partial charge in [-0.25, -0.2) is 18.2 Å². The molecule has 2 fully saturated rings. The maximum Gasteiger partial charge on any atom is 0.252 e. The zero-order valence-electron chi connectivity index (χ0n) is 23.8. The second-order valence-electron chi connectivity index (χ2n) is 10.9. The first-order valence-electron chi connectivity index (χ1n) is 13.8. The number of hydrogen-bond donors (Lipinski definition) is 1. The predicted molar refractivity (Wildman–Crippen MR) is 156 cm³/mol. The molecule has 0 radical (unpaired) electrons. The molecule has 0 spiro atoms. The van der Waals surface area contributed by atoms with Crippen LogP contribution in [0.25, 0.3) is 0 Å². The summed E-state index contributed by atoms with van der Waals surface area (Å²) in [6.07, 6.45) is 1.49. The molecule has 2 heterocycles. The maximum absolute atomic E-state index is 15.0. The summed E-state index contributed by atoms with van der Waals surface area (Å²) < 4.78 is 54.8. The summed E-state index contributed by atoms with van der Waals surface area (Å²) >= 11 is 0.